The van der Waals surface area contributed by atoms with Crippen LogP contribution < -0.4 is 14.2 Å². The Hall–Kier alpha value is -2.49. The van der Waals surface area contributed by atoms with Crippen LogP contribution in [0.3, 0.4) is 0 Å². The van der Waals surface area contributed by atoms with Gasteiger partial charge in [0.2, 0.25) is 5.75 Å². The number of Topliss-reactive ketones (excluding diaryl/α,β-unsaturated/α-hetero) is 1. The molecule has 0 aliphatic heterocycles. The fourth-order valence-corrected chi connectivity index (χ4v) is 3.03. The number of rotatable bonds is 9. The van der Waals surface area contributed by atoms with Crippen LogP contribution in [0.15, 0.2) is 36.4 Å². The summed E-state index contributed by atoms with van der Waals surface area (Å²) in [5.74, 6) is 1.23. The third-order valence-corrected chi connectivity index (χ3v) is 4.38. The zero-order valence-corrected chi connectivity index (χ0v) is 18.9. The number of ketones is 1. The van der Waals surface area contributed by atoms with Crippen LogP contribution in [-0.4, -0.2) is 24.1 Å². The number of hydrogen-bond acceptors (Lipinski definition) is 4. The predicted molar refractivity (Wildman–Crippen MR) is 118 cm³/mol. The quantitative estimate of drug-likeness (QED) is 0.462. The summed E-state index contributed by atoms with van der Waals surface area (Å²) in [5.41, 5.74) is 2.66. The monoisotopic (exact) mass is 398 g/mol. The molecule has 2 rings (SSSR count). The van der Waals surface area contributed by atoms with Crippen LogP contribution in [0.1, 0.15) is 75.9 Å². The third-order valence-electron chi connectivity index (χ3n) is 4.38. The summed E-state index contributed by atoms with van der Waals surface area (Å²) >= 11 is 0. The molecule has 0 bridgehead atoms. The summed E-state index contributed by atoms with van der Waals surface area (Å²) < 4.78 is 18.1. The molecular formula is C25H34O4. The van der Waals surface area contributed by atoms with Crippen molar-refractivity contribution in [3.8, 4) is 17.2 Å². The van der Waals surface area contributed by atoms with Crippen molar-refractivity contribution in [2.75, 3.05) is 0 Å². The molecule has 0 spiro atoms. The standard InChI is InChI=1S/C25H34O4/c1-15(2)27-22-14-13-21(24(28-16(3)4)25(22)29-17(5)6)23(26)19(8)20-11-9-18(7)10-12-20/h9-17,19H,1-8H3. The first-order valence-corrected chi connectivity index (χ1v) is 10.4. The zero-order chi connectivity index (χ0) is 21.7. The van der Waals surface area contributed by atoms with Crippen LogP contribution in [0.2, 0.25) is 0 Å². The van der Waals surface area contributed by atoms with Gasteiger partial charge in [0.25, 0.3) is 0 Å². The smallest absolute Gasteiger partial charge is 0.204 e. The fraction of sp³-hybridized carbons (Fsp3) is 0.480. The van der Waals surface area contributed by atoms with E-state index in [1.54, 1.807) is 12.1 Å². The first-order valence-electron chi connectivity index (χ1n) is 10.4. The van der Waals surface area contributed by atoms with E-state index < -0.39 is 0 Å². The molecule has 1 atom stereocenters. The lowest BCUT2D eigenvalue weighted by Crippen LogP contribution is -2.18. The first-order chi connectivity index (χ1) is 13.6. The largest absolute Gasteiger partial charge is 0.487 e. The highest BCUT2D eigenvalue weighted by atomic mass is 16.6. The van der Waals surface area contributed by atoms with E-state index in [1.807, 2.05) is 79.7 Å². The average Bonchev–Trinajstić information content (AvgIpc) is 2.63. The Bertz CT molecular complexity index is 819. The fourth-order valence-electron chi connectivity index (χ4n) is 3.03. The maximum atomic E-state index is 13.4. The molecule has 4 nitrogen and oxygen atoms in total. The zero-order valence-electron chi connectivity index (χ0n) is 18.9. The minimum atomic E-state index is -0.297. The van der Waals surface area contributed by atoms with Crippen molar-refractivity contribution in [2.24, 2.45) is 0 Å². The van der Waals surface area contributed by atoms with Gasteiger partial charge in [0.15, 0.2) is 17.3 Å². The van der Waals surface area contributed by atoms with E-state index in [0.717, 1.165) is 5.56 Å². The Labute approximate surface area is 175 Å². The highest BCUT2D eigenvalue weighted by Crippen LogP contribution is 2.43. The number of carbonyl (C=O) groups is 1. The van der Waals surface area contributed by atoms with E-state index in [9.17, 15) is 4.79 Å². The van der Waals surface area contributed by atoms with Gasteiger partial charge in [-0.05, 0) is 66.2 Å². The molecule has 0 heterocycles. The van der Waals surface area contributed by atoms with E-state index in [-0.39, 0.29) is 30.0 Å². The van der Waals surface area contributed by atoms with Gasteiger partial charge >= 0.3 is 0 Å². The van der Waals surface area contributed by atoms with Gasteiger partial charge in [0, 0.05) is 5.92 Å². The van der Waals surface area contributed by atoms with Gasteiger partial charge in [0.1, 0.15) is 0 Å². The van der Waals surface area contributed by atoms with Crippen LogP contribution in [-0.2, 0) is 0 Å². The average molecular weight is 399 g/mol. The van der Waals surface area contributed by atoms with Crippen LogP contribution in [0.25, 0.3) is 0 Å². The molecule has 0 aliphatic carbocycles. The SMILES string of the molecule is Cc1ccc(C(C)C(=O)c2ccc(OC(C)C)c(OC(C)C)c2OC(C)C)cc1. The number of carbonyl (C=O) groups excluding carboxylic acids is 1. The predicted octanol–water partition coefficient (Wildman–Crippen LogP) is 6.34. The number of aryl methyl sites for hydroxylation is 1. The Morgan fingerprint density at radius 3 is 1.72 bits per heavy atom. The van der Waals surface area contributed by atoms with Crippen molar-refractivity contribution < 1.29 is 19.0 Å². The lowest BCUT2D eigenvalue weighted by atomic mass is 9.91. The topological polar surface area (TPSA) is 44.8 Å². The van der Waals surface area contributed by atoms with Gasteiger partial charge in [-0.1, -0.05) is 36.8 Å². The maximum Gasteiger partial charge on any atom is 0.204 e. The Morgan fingerprint density at radius 2 is 1.21 bits per heavy atom. The summed E-state index contributed by atoms with van der Waals surface area (Å²) in [6.45, 7) is 15.6. The lowest BCUT2D eigenvalue weighted by Gasteiger charge is -2.24. The van der Waals surface area contributed by atoms with Gasteiger partial charge in [-0.3, -0.25) is 4.79 Å². The molecule has 1 unspecified atom stereocenters. The molecule has 2 aromatic carbocycles. The molecule has 158 valence electrons. The Morgan fingerprint density at radius 1 is 0.690 bits per heavy atom. The molecule has 0 aromatic heterocycles. The van der Waals surface area contributed by atoms with Gasteiger partial charge in [0.05, 0.1) is 23.9 Å². The number of ether oxygens (including phenoxy) is 3. The van der Waals surface area contributed by atoms with Crippen LogP contribution in [0.5, 0.6) is 17.2 Å². The van der Waals surface area contributed by atoms with Crippen LogP contribution in [0, 0.1) is 6.92 Å². The molecule has 0 aliphatic rings. The van der Waals surface area contributed by atoms with Crippen LogP contribution >= 0.6 is 0 Å². The summed E-state index contributed by atoms with van der Waals surface area (Å²) in [4.78, 5) is 13.4. The van der Waals surface area contributed by atoms with Crippen molar-refractivity contribution in [3.05, 3.63) is 53.1 Å². The van der Waals surface area contributed by atoms with Gasteiger partial charge < -0.3 is 14.2 Å². The third kappa shape index (κ3) is 5.99. The highest BCUT2D eigenvalue weighted by molar-refractivity contribution is 6.04. The second-order valence-corrected chi connectivity index (χ2v) is 8.27. The lowest BCUT2D eigenvalue weighted by molar-refractivity contribution is 0.0957. The van der Waals surface area contributed by atoms with E-state index >= 15 is 0 Å². The van der Waals surface area contributed by atoms with Gasteiger partial charge in [-0.2, -0.15) is 0 Å². The molecule has 2 aromatic rings. The van der Waals surface area contributed by atoms with Crippen molar-refractivity contribution in [3.63, 3.8) is 0 Å². The van der Waals surface area contributed by atoms with Crippen molar-refractivity contribution in [2.45, 2.75) is 79.6 Å². The molecule has 0 N–H and O–H groups in total. The molecule has 4 heteroatoms. The molecule has 0 saturated heterocycles. The van der Waals surface area contributed by atoms with Crippen LogP contribution in [0.4, 0.5) is 0 Å². The van der Waals surface area contributed by atoms with E-state index in [0.29, 0.717) is 22.8 Å². The maximum absolute atomic E-state index is 13.4. The summed E-state index contributed by atoms with van der Waals surface area (Å²) in [6, 6.07) is 11.6. The van der Waals surface area contributed by atoms with E-state index in [4.69, 9.17) is 14.2 Å². The normalized spacial score (nSPS) is 12.4. The highest BCUT2D eigenvalue weighted by Gasteiger charge is 2.27. The Kier molecular flexibility index (Phi) is 7.72. The van der Waals surface area contributed by atoms with Crippen molar-refractivity contribution in [1.29, 1.82) is 0 Å². The summed E-state index contributed by atoms with van der Waals surface area (Å²) in [5, 5.41) is 0. The molecule has 0 amide bonds. The summed E-state index contributed by atoms with van der Waals surface area (Å²) in [7, 11) is 0. The molecule has 0 saturated carbocycles. The molecular weight excluding hydrogens is 364 g/mol. The second kappa shape index (κ2) is 9.82. The molecule has 0 radical (unpaired) electrons. The van der Waals surface area contributed by atoms with Crippen molar-refractivity contribution in [1.82, 2.24) is 0 Å². The minimum absolute atomic E-state index is 0.00536. The Balaban J connectivity index is 2.56. The second-order valence-electron chi connectivity index (χ2n) is 8.27. The first kappa shape index (κ1) is 22.8. The number of benzene rings is 2. The number of hydrogen-bond donors (Lipinski definition) is 0. The van der Waals surface area contributed by atoms with E-state index in [2.05, 4.69) is 0 Å². The van der Waals surface area contributed by atoms with Gasteiger partial charge in [-0.25, -0.2) is 0 Å². The van der Waals surface area contributed by atoms with Crippen molar-refractivity contribution >= 4 is 5.78 Å². The molecule has 29 heavy (non-hydrogen) atoms. The molecule has 0 fully saturated rings. The van der Waals surface area contributed by atoms with E-state index in [1.165, 1.54) is 5.56 Å². The van der Waals surface area contributed by atoms with Gasteiger partial charge in [-0.15, -0.1) is 0 Å². The summed E-state index contributed by atoms with van der Waals surface area (Å²) in [6.07, 6.45) is -0.219. The minimum Gasteiger partial charge on any atom is -0.487 e.